The van der Waals surface area contributed by atoms with Crippen molar-refractivity contribution in [2.45, 2.75) is 32.8 Å². The highest BCUT2D eigenvalue weighted by atomic mass is 35.5. The van der Waals surface area contributed by atoms with E-state index in [0.717, 1.165) is 42.0 Å². The van der Waals surface area contributed by atoms with Crippen LogP contribution in [-0.2, 0) is 13.0 Å². The molecular weight excluding hydrogens is 380 g/mol. The molecule has 1 heterocycles. The lowest BCUT2D eigenvalue weighted by Gasteiger charge is -2.09. The molecule has 140 valence electrons. The summed E-state index contributed by atoms with van der Waals surface area (Å²) in [7, 11) is 0. The Hall–Kier alpha value is -2.44. The molecule has 5 nitrogen and oxygen atoms in total. The molecule has 1 aromatic heterocycles. The average molecular weight is 401 g/mol. The van der Waals surface area contributed by atoms with Gasteiger partial charge in [-0.2, -0.15) is 14.9 Å². The van der Waals surface area contributed by atoms with Gasteiger partial charge in [-0.25, -0.2) is 0 Å². The number of aromatic amines is 1. The minimum atomic E-state index is 0.453. The van der Waals surface area contributed by atoms with Gasteiger partial charge < -0.3 is 4.74 Å². The number of ether oxygens (including phenoxy) is 1. The second-order valence-electron chi connectivity index (χ2n) is 6.06. The molecule has 3 rings (SSSR count). The molecule has 0 spiro atoms. The fourth-order valence-electron chi connectivity index (χ4n) is 2.52. The zero-order valence-corrected chi connectivity index (χ0v) is 16.6. The SMILES string of the molecule is CCCCc1n[nH]c(=S)n1/N=C/c1ccccc1OCc1ccc(Cl)cc1. The lowest BCUT2D eigenvalue weighted by Crippen LogP contribution is -2.01. The molecule has 2 aromatic carbocycles. The molecule has 0 aliphatic carbocycles. The Labute approximate surface area is 168 Å². The minimum absolute atomic E-state index is 0.453. The van der Waals surface area contributed by atoms with Gasteiger partial charge in [-0.3, -0.25) is 5.10 Å². The maximum absolute atomic E-state index is 5.97. The van der Waals surface area contributed by atoms with Gasteiger partial charge in [-0.1, -0.05) is 49.2 Å². The molecule has 0 amide bonds. The van der Waals surface area contributed by atoms with Crippen molar-refractivity contribution in [1.29, 1.82) is 0 Å². The highest BCUT2D eigenvalue weighted by Crippen LogP contribution is 2.19. The number of para-hydroxylation sites is 1. The molecule has 0 saturated heterocycles. The molecule has 27 heavy (non-hydrogen) atoms. The van der Waals surface area contributed by atoms with E-state index < -0.39 is 0 Å². The molecule has 7 heteroatoms. The largest absolute Gasteiger partial charge is 0.488 e. The number of nitrogens with zero attached hydrogens (tertiary/aromatic N) is 3. The summed E-state index contributed by atoms with van der Waals surface area (Å²) in [6, 6.07) is 15.4. The van der Waals surface area contributed by atoms with Crippen LogP contribution in [0.3, 0.4) is 0 Å². The number of aryl methyl sites for hydroxylation is 1. The maximum Gasteiger partial charge on any atom is 0.216 e. The number of hydrogen-bond acceptors (Lipinski definition) is 4. The number of benzene rings is 2. The Bertz CT molecular complexity index is 963. The van der Waals surface area contributed by atoms with Crippen molar-refractivity contribution >= 4 is 30.0 Å². The fourth-order valence-corrected chi connectivity index (χ4v) is 2.84. The normalized spacial score (nSPS) is 11.2. The van der Waals surface area contributed by atoms with Crippen LogP contribution >= 0.6 is 23.8 Å². The van der Waals surface area contributed by atoms with Crippen LogP contribution in [0.5, 0.6) is 5.75 Å². The van der Waals surface area contributed by atoms with E-state index in [0.29, 0.717) is 16.4 Å². The fraction of sp³-hybridized carbons (Fsp3) is 0.250. The van der Waals surface area contributed by atoms with Crippen LogP contribution in [-0.4, -0.2) is 21.1 Å². The van der Waals surface area contributed by atoms with E-state index in [1.165, 1.54) is 0 Å². The van der Waals surface area contributed by atoms with Gasteiger partial charge in [0, 0.05) is 17.0 Å². The summed E-state index contributed by atoms with van der Waals surface area (Å²) in [5.41, 5.74) is 1.92. The monoisotopic (exact) mass is 400 g/mol. The number of hydrogen-bond donors (Lipinski definition) is 1. The van der Waals surface area contributed by atoms with Gasteiger partial charge in [0.2, 0.25) is 4.77 Å². The summed E-state index contributed by atoms with van der Waals surface area (Å²) < 4.78 is 8.12. The van der Waals surface area contributed by atoms with Crippen LogP contribution in [0.15, 0.2) is 53.6 Å². The molecule has 3 aromatic rings. The van der Waals surface area contributed by atoms with E-state index in [1.54, 1.807) is 10.9 Å². The molecule has 0 atom stereocenters. The van der Waals surface area contributed by atoms with E-state index in [4.69, 9.17) is 28.6 Å². The van der Waals surface area contributed by atoms with Crippen molar-refractivity contribution in [2.24, 2.45) is 5.10 Å². The van der Waals surface area contributed by atoms with Crippen molar-refractivity contribution in [3.8, 4) is 5.75 Å². The number of unbranched alkanes of at least 4 members (excludes halogenated alkanes) is 1. The first-order valence-corrected chi connectivity index (χ1v) is 9.63. The standard InChI is InChI=1S/C20H21ClN4OS/c1-2-3-8-19-23-24-20(27)25(19)22-13-16-6-4-5-7-18(16)26-14-15-9-11-17(21)12-10-15/h4-7,9-13H,2-3,8,14H2,1H3,(H,24,27)/b22-13+. The average Bonchev–Trinajstić information content (AvgIpc) is 3.04. The highest BCUT2D eigenvalue weighted by Gasteiger charge is 2.06. The van der Waals surface area contributed by atoms with Gasteiger partial charge in [0.25, 0.3) is 0 Å². The summed E-state index contributed by atoms with van der Waals surface area (Å²) >= 11 is 11.2. The Kier molecular flexibility index (Phi) is 6.79. The van der Waals surface area contributed by atoms with Gasteiger partial charge >= 0.3 is 0 Å². The molecule has 0 saturated carbocycles. The lowest BCUT2D eigenvalue weighted by molar-refractivity contribution is 0.306. The van der Waals surface area contributed by atoms with Crippen molar-refractivity contribution in [1.82, 2.24) is 14.9 Å². The molecule has 0 aliphatic heterocycles. The quantitative estimate of drug-likeness (QED) is 0.407. The second-order valence-corrected chi connectivity index (χ2v) is 6.88. The Morgan fingerprint density at radius 1 is 1.22 bits per heavy atom. The topological polar surface area (TPSA) is 55.2 Å². The summed E-state index contributed by atoms with van der Waals surface area (Å²) in [6.07, 6.45) is 4.70. The summed E-state index contributed by atoms with van der Waals surface area (Å²) in [5, 5.41) is 12.3. The molecular formula is C20H21ClN4OS. The Morgan fingerprint density at radius 2 is 2.00 bits per heavy atom. The summed E-state index contributed by atoms with van der Waals surface area (Å²) in [4.78, 5) is 0. The van der Waals surface area contributed by atoms with E-state index in [1.807, 2.05) is 48.5 Å². The third kappa shape index (κ3) is 5.28. The maximum atomic E-state index is 5.97. The molecule has 0 unspecified atom stereocenters. The van der Waals surface area contributed by atoms with Crippen LogP contribution < -0.4 is 4.74 Å². The minimum Gasteiger partial charge on any atom is -0.488 e. The first-order chi connectivity index (χ1) is 13.2. The van der Waals surface area contributed by atoms with Gasteiger partial charge in [-0.05, 0) is 48.5 Å². The lowest BCUT2D eigenvalue weighted by atomic mass is 10.2. The third-order valence-corrected chi connectivity index (χ3v) is 4.53. The number of aromatic nitrogens is 3. The van der Waals surface area contributed by atoms with E-state index in [9.17, 15) is 0 Å². The van der Waals surface area contributed by atoms with Crippen molar-refractivity contribution in [2.75, 3.05) is 0 Å². The predicted octanol–water partition coefficient (Wildman–Crippen LogP) is 5.40. The Balaban J connectivity index is 1.76. The van der Waals surface area contributed by atoms with Crippen molar-refractivity contribution in [3.05, 3.63) is 75.3 Å². The van der Waals surface area contributed by atoms with Gasteiger partial charge in [0.1, 0.15) is 12.4 Å². The first kappa shape index (κ1) is 19.3. The zero-order valence-electron chi connectivity index (χ0n) is 15.1. The molecule has 0 fully saturated rings. The molecule has 0 aliphatic rings. The second kappa shape index (κ2) is 9.48. The highest BCUT2D eigenvalue weighted by molar-refractivity contribution is 7.71. The van der Waals surface area contributed by atoms with Gasteiger partial charge in [-0.15, -0.1) is 0 Å². The van der Waals surface area contributed by atoms with Crippen LogP contribution in [0.4, 0.5) is 0 Å². The first-order valence-electron chi connectivity index (χ1n) is 8.84. The van der Waals surface area contributed by atoms with Crippen molar-refractivity contribution < 1.29 is 4.74 Å². The number of nitrogens with one attached hydrogen (secondary N) is 1. The Morgan fingerprint density at radius 3 is 2.78 bits per heavy atom. The van der Waals surface area contributed by atoms with E-state index in [-0.39, 0.29) is 0 Å². The van der Waals surface area contributed by atoms with E-state index in [2.05, 4.69) is 22.2 Å². The summed E-state index contributed by atoms with van der Waals surface area (Å²) in [6.45, 7) is 2.60. The van der Waals surface area contributed by atoms with E-state index >= 15 is 0 Å². The smallest absolute Gasteiger partial charge is 0.216 e. The number of H-pyrrole nitrogens is 1. The third-order valence-electron chi connectivity index (χ3n) is 4.01. The van der Waals surface area contributed by atoms with Crippen LogP contribution in [0, 0.1) is 4.77 Å². The molecule has 0 bridgehead atoms. The molecule has 1 N–H and O–H groups in total. The zero-order chi connectivity index (χ0) is 19.1. The van der Waals surface area contributed by atoms with Crippen molar-refractivity contribution in [3.63, 3.8) is 0 Å². The van der Waals surface area contributed by atoms with Crippen LogP contribution in [0.2, 0.25) is 5.02 Å². The van der Waals surface area contributed by atoms with Gasteiger partial charge in [0.05, 0.1) is 6.21 Å². The van der Waals surface area contributed by atoms with Crippen LogP contribution in [0.1, 0.15) is 36.7 Å². The molecule has 0 radical (unpaired) electrons. The van der Waals surface area contributed by atoms with Crippen LogP contribution in [0.25, 0.3) is 0 Å². The predicted molar refractivity (Wildman–Crippen MR) is 111 cm³/mol. The number of rotatable bonds is 8. The summed E-state index contributed by atoms with van der Waals surface area (Å²) in [5.74, 6) is 1.58. The van der Waals surface area contributed by atoms with Gasteiger partial charge in [0.15, 0.2) is 5.82 Å². The number of halogens is 1.